The van der Waals surface area contributed by atoms with Crippen molar-refractivity contribution < 1.29 is 63.2 Å². The Labute approximate surface area is 401 Å². The topological polar surface area (TPSA) is 302 Å². The second-order valence-corrected chi connectivity index (χ2v) is 17.7. The number of fused-ring (bicyclic) bond motifs is 2. The number of amides is 8. The van der Waals surface area contributed by atoms with Gasteiger partial charge in [-0.2, -0.15) is 0 Å². The summed E-state index contributed by atoms with van der Waals surface area (Å²) in [7, 11) is 1.34. The predicted molar refractivity (Wildman–Crippen MR) is 249 cm³/mol. The molecule has 0 unspecified atom stereocenters. The molecule has 2 aromatic rings. The van der Waals surface area contributed by atoms with Gasteiger partial charge in [-0.3, -0.25) is 38.4 Å². The SMILES string of the molecule is C/C=C1/NC(=O)[C@@H](NC(=O)[C@@H](NC(=O)[C@H](C)NC(=O)CCC)[C@@H](C)O)[C@@H](C)OC(=O)[C@H](C(C)C)NC(=O)[C@H](Cc2ccc(O)cc2)N(C)C(=O)[C@H](Cc2ccccc2)N2C(=O)[C@H](CC[C@H]2O)NC1=O. The first-order valence-electron chi connectivity index (χ1n) is 23.0. The van der Waals surface area contributed by atoms with Crippen LogP contribution in [-0.4, -0.2) is 146 Å². The lowest BCUT2D eigenvalue weighted by Gasteiger charge is -2.43. The second kappa shape index (κ2) is 24.9. The zero-order valence-electron chi connectivity index (χ0n) is 40.2. The maximum Gasteiger partial charge on any atom is 0.329 e. The highest BCUT2D eigenvalue weighted by Gasteiger charge is 2.45. The molecule has 0 saturated carbocycles. The molecule has 0 aromatic heterocycles. The number of hydrogen-bond acceptors (Lipinski definition) is 13. The smallest absolute Gasteiger partial charge is 0.329 e. The summed E-state index contributed by atoms with van der Waals surface area (Å²) < 4.78 is 5.79. The lowest BCUT2D eigenvalue weighted by molar-refractivity contribution is -0.165. The number of ether oxygens (including phenoxy) is 1. The highest BCUT2D eigenvalue weighted by atomic mass is 16.5. The summed E-state index contributed by atoms with van der Waals surface area (Å²) in [5, 5.41) is 47.1. The van der Waals surface area contributed by atoms with Gasteiger partial charge in [0.1, 0.15) is 66.1 Å². The standard InChI is InChI=1S/C48H66N8O13/c1-9-14-36(59)49-26(5)41(61)53-39(27(6)57)44(64)54-40-28(7)69-48(68)38(25(3)4)52-43(63)34(23-30-17-19-31(58)20-18-30)55(8)47(67)35(24-29-15-12-11-13-16-29)56-37(60)22-21-33(46(56)66)51-42(62)32(10-2)50-45(40)65/h10-13,15-20,25-28,33-35,37-40,57-58,60H,9,14,21-24H2,1-8H3,(H,49,59)(H,50,65)(H,51,62)(H,52,63)(H,53,61)(H,54,64)/b32-10+/t26-,27+,28+,33-,34-,35-,37+,38-,39-,40-/m0/s1. The van der Waals surface area contributed by atoms with E-state index in [1.54, 1.807) is 51.1 Å². The van der Waals surface area contributed by atoms with Crippen LogP contribution in [0.5, 0.6) is 5.75 Å². The zero-order valence-corrected chi connectivity index (χ0v) is 40.2. The summed E-state index contributed by atoms with van der Waals surface area (Å²) in [6, 6.07) is 4.14. The van der Waals surface area contributed by atoms with Crippen molar-refractivity contribution in [2.75, 3.05) is 7.05 Å². The molecule has 2 bridgehead atoms. The molecule has 0 spiro atoms. The quantitative estimate of drug-likeness (QED) is 0.0910. The van der Waals surface area contributed by atoms with Crippen LogP contribution in [0, 0.1) is 5.92 Å². The maximum absolute atomic E-state index is 14.9. The Morgan fingerprint density at radius 3 is 2.06 bits per heavy atom. The molecule has 9 N–H and O–H groups in total. The average molecular weight is 963 g/mol. The zero-order chi connectivity index (χ0) is 51.3. The van der Waals surface area contributed by atoms with E-state index in [2.05, 4.69) is 31.9 Å². The number of nitrogens with one attached hydrogen (secondary N) is 6. The van der Waals surface area contributed by atoms with Crippen molar-refractivity contribution in [3.8, 4) is 5.75 Å². The summed E-state index contributed by atoms with van der Waals surface area (Å²) >= 11 is 0. The molecule has 2 saturated heterocycles. The van der Waals surface area contributed by atoms with Gasteiger partial charge in [0, 0.05) is 26.3 Å². The van der Waals surface area contributed by atoms with Crippen LogP contribution >= 0.6 is 0 Å². The van der Waals surface area contributed by atoms with Gasteiger partial charge in [0.25, 0.3) is 11.8 Å². The van der Waals surface area contributed by atoms with E-state index >= 15 is 0 Å². The van der Waals surface area contributed by atoms with Crippen molar-refractivity contribution in [1.29, 1.82) is 0 Å². The predicted octanol–water partition coefficient (Wildman–Crippen LogP) is -0.440. The summed E-state index contributed by atoms with van der Waals surface area (Å²) in [6.07, 6.45) is -3.32. The lowest BCUT2D eigenvalue weighted by atomic mass is 9.95. The van der Waals surface area contributed by atoms with Crippen molar-refractivity contribution in [2.45, 2.75) is 148 Å². The Balaban J connectivity index is 1.82. The van der Waals surface area contributed by atoms with Crippen molar-refractivity contribution in [2.24, 2.45) is 5.92 Å². The van der Waals surface area contributed by atoms with E-state index in [1.165, 1.54) is 65.1 Å². The molecule has 4 rings (SSSR count). The van der Waals surface area contributed by atoms with Gasteiger partial charge in [-0.1, -0.05) is 69.3 Å². The second-order valence-electron chi connectivity index (χ2n) is 17.7. The number of hydrogen-bond donors (Lipinski definition) is 9. The van der Waals surface area contributed by atoms with Crippen molar-refractivity contribution >= 4 is 53.2 Å². The first-order chi connectivity index (χ1) is 32.6. The number of cyclic esters (lactones) is 1. The third-order valence-electron chi connectivity index (χ3n) is 11.9. The summed E-state index contributed by atoms with van der Waals surface area (Å²) in [5.41, 5.74) is 0.670. The third-order valence-corrected chi connectivity index (χ3v) is 11.9. The molecule has 0 aliphatic carbocycles. The van der Waals surface area contributed by atoms with Crippen LogP contribution in [0.25, 0.3) is 0 Å². The Hall–Kier alpha value is -6.87. The number of aromatic hydroxyl groups is 1. The highest BCUT2D eigenvalue weighted by molar-refractivity contribution is 6.03. The fraction of sp³-hybridized carbons (Fsp3) is 0.521. The molecule has 2 aliphatic rings. The van der Waals surface area contributed by atoms with Crippen LogP contribution in [0.1, 0.15) is 85.3 Å². The minimum Gasteiger partial charge on any atom is -0.508 e. The molecule has 69 heavy (non-hydrogen) atoms. The number of aliphatic hydroxyl groups excluding tert-OH is 2. The number of benzene rings is 2. The summed E-state index contributed by atoms with van der Waals surface area (Å²) in [6.45, 7) is 10.2. The van der Waals surface area contributed by atoms with Gasteiger partial charge in [-0.25, -0.2) is 4.79 Å². The van der Waals surface area contributed by atoms with Gasteiger partial charge in [-0.15, -0.1) is 0 Å². The van der Waals surface area contributed by atoms with Gasteiger partial charge >= 0.3 is 5.97 Å². The molecular weight excluding hydrogens is 897 g/mol. The van der Waals surface area contributed by atoms with E-state index in [0.29, 0.717) is 17.5 Å². The van der Waals surface area contributed by atoms with Crippen LogP contribution in [0.2, 0.25) is 0 Å². The summed E-state index contributed by atoms with van der Waals surface area (Å²) in [4.78, 5) is 128. The Bertz CT molecular complexity index is 2220. The maximum atomic E-state index is 14.9. The number of carbonyl (C=O) groups excluding carboxylic acids is 9. The van der Waals surface area contributed by atoms with Crippen LogP contribution in [-0.2, 0) is 60.7 Å². The minimum atomic E-state index is -1.86. The van der Waals surface area contributed by atoms with E-state index in [4.69, 9.17) is 4.74 Å². The Morgan fingerprint density at radius 2 is 1.46 bits per heavy atom. The number of rotatable bonds is 13. The van der Waals surface area contributed by atoms with Crippen molar-refractivity contribution in [1.82, 2.24) is 41.7 Å². The van der Waals surface area contributed by atoms with Gasteiger partial charge in [0.2, 0.25) is 35.4 Å². The molecule has 8 amide bonds. The van der Waals surface area contributed by atoms with E-state index in [9.17, 15) is 58.5 Å². The summed E-state index contributed by atoms with van der Waals surface area (Å²) in [5.74, 6) is -8.80. The van der Waals surface area contributed by atoms with Gasteiger partial charge in [0.05, 0.1) is 6.10 Å². The van der Waals surface area contributed by atoms with Crippen LogP contribution in [0.4, 0.5) is 0 Å². The third kappa shape index (κ3) is 14.6. The molecule has 2 aliphatic heterocycles. The molecule has 21 heteroatoms. The minimum absolute atomic E-state index is 0.0645. The van der Waals surface area contributed by atoms with E-state index in [-0.39, 0.29) is 37.9 Å². The largest absolute Gasteiger partial charge is 0.508 e. The van der Waals surface area contributed by atoms with E-state index < -0.39 is 126 Å². The number of likely N-dealkylation sites (N-methyl/N-ethyl adjacent to an activating group) is 1. The normalized spacial score (nSPS) is 25.1. The monoisotopic (exact) mass is 962 g/mol. The molecule has 10 atom stereocenters. The number of nitrogens with zero attached hydrogens (tertiary/aromatic N) is 2. The van der Waals surface area contributed by atoms with Crippen LogP contribution < -0.4 is 31.9 Å². The number of allylic oxidation sites excluding steroid dienone is 1. The molecule has 2 heterocycles. The molecule has 376 valence electrons. The molecule has 21 nitrogen and oxygen atoms in total. The fourth-order valence-corrected chi connectivity index (χ4v) is 7.90. The average Bonchev–Trinajstić information content (AvgIpc) is 3.30. The van der Waals surface area contributed by atoms with Crippen molar-refractivity contribution in [3.63, 3.8) is 0 Å². The number of carbonyl (C=O) groups is 9. The lowest BCUT2D eigenvalue weighted by Crippen LogP contribution is -2.64. The fourth-order valence-electron chi connectivity index (χ4n) is 7.90. The van der Waals surface area contributed by atoms with Gasteiger partial charge < -0.3 is 61.8 Å². The van der Waals surface area contributed by atoms with Crippen LogP contribution in [0.15, 0.2) is 66.4 Å². The Morgan fingerprint density at radius 1 is 0.841 bits per heavy atom. The number of phenols is 1. The Kier molecular flexibility index (Phi) is 19.8. The molecule has 2 fully saturated rings. The van der Waals surface area contributed by atoms with E-state index in [0.717, 1.165) is 9.80 Å². The number of piperidine rings is 1. The van der Waals surface area contributed by atoms with Crippen LogP contribution in [0.3, 0.4) is 0 Å². The van der Waals surface area contributed by atoms with Gasteiger partial charge in [0.15, 0.2) is 0 Å². The first-order valence-corrected chi connectivity index (χ1v) is 23.0. The number of esters is 1. The highest BCUT2D eigenvalue weighted by Crippen LogP contribution is 2.25. The number of phenolic OH excluding ortho intramolecular Hbond substituents is 1. The van der Waals surface area contributed by atoms with E-state index in [1.807, 2.05) is 0 Å². The molecular formula is C48H66N8O13. The number of aliphatic hydroxyl groups is 2. The van der Waals surface area contributed by atoms with Gasteiger partial charge in [-0.05, 0) is 76.1 Å². The first kappa shape index (κ1) is 54.7. The van der Waals surface area contributed by atoms with Crippen molar-refractivity contribution in [3.05, 3.63) is 77.5 Å². The molecule has 2 aromatic carbocycles. The molecule has 0 radical (unpaired) electrons.